The van der Waals surface area contributed by atoms with Crippen molar-refractivity contribution >= 4 is 5.82 Å². The summed E-state index contributed by atoms with van der Waals surface area (Å²) in [6.07, 6.45) is 3.76. The number of aromatic amines is 1. The second-order valence-corrected chi connectivity index (χ2v) is 5.49. The number of hydrogen-bond acceptors (Lipinski definition) is 5. The van der Waals surface area contributed by atoms with Crippen LogP contribution in [0, 0.1) is 0 Å². The smallest absolute Gasteiger partial charge is 0.330 e. The van der Waals surface area contributed by atoms with E-state index in [1.165, 1.54) is 4.57 Å². The van der Waals surface area contributed by atoms with Crippen molar-refractivity contribution in [2.24, 2.45) is 0 Å². The second kappa shape index (κ2) is 6.23. The highest BCUT2D eigenvalue weighted by molar-refractivity contribution is 5.45. The van der Waals surface area contributed by atoms with Gasteiger partial charge in [-0.05, 0) is 18.6 Å². The third kappa shape index (κ3) is 2.85. The topological polar surface area (TPSA) is 83.3 Å². The normalized spacial score (nSPS) is 14.6. The predicted molar refractivity (Wildman–Crippen MR) is 82.9 cm³/mol. The van der Waals surface area contributed by atoms with Gasteiger partial charge in [0.2, 0.25) is 0 Å². The van der Waals surface area contributed by atoms with Crippen molar-refractivity contribution < 1.29 is 4.42 Å². The van der Waals surface area contributed by atoms with Crippen LogP contribution in [0.3, 0.4) is 0 Å². The predicted octanol–water partition coefficient (Wildman–Crippen LogP) is 1.16. The highest BCUT2D eigenvalue weighted by Crippen LogP contribution is 2.18. The Morgan fingerprint density at radius 1 is 1.36 bits per heavy atom. The zero-order valence-electron chi connectivity index (χ0n) is 12.6. The van der Waals surface area contributed by atoms with E-state index < -0.39 is 5.69 Å². The molecule has 0 atom stereocenters. The van der Waals surface area contributed by atoms with Crippen LogP contribution in [0.25, 0.3) is 0 Å². The maximum atomic E-state index is 12.1. The fourth-order valence-corrected chi connectivity index (χ4v) is 2.68. The van der Waals surface area contributed by atoms with Crippen LogP contribution in [-0.4, -0.2) is 27.7 Å². The van der Waals surface area contributed by atoms with Gasteiger partial charge in [-0.25, -0.2) is 4.79 Å². The van der Waals surface area contributed by atoms with Gasteiger partial charge in [-0.15, -0.1) is 0 Å². The first-order chi connectivity index (χ1) is 10.7. The van der Waals surface area contributed by atoms with Gasteiger partial charge in [0.25, 0.3) is 5.56 Å². The lowest BCUT2D eigenvalue weighted by Gasteiger charge is -2.30. The van der Waals surface area contributed by atoms with Gasteiger partial charge < -0.3 is 9.73 Å². The Hall–Kier alpha value is -2.28. The Bertz CT molecular complexity index is 745. The molecule has 22 heavy (non-hydrogen) atoms. The molecule has 0 spiro atoms. The summed E-state index contributed by atoms with van der Waals surface area (Å²) in [5, 5.41) is 3.21. The molecule has 0 saturated heterocycles. The number of hydrogen-bond donors (Lipinski definition) is 2. The number of anilines is 1. The molecule has 0 amide bonds. The summed E-state index contributed by atoms with van der Waals surface area (Å²) in [4.78, 5) is 28.8. The van der Waals surface area contributed by atoms with Crippen molar-refractivity contribution in [3.63, 3.8) is 0 Å². The fraction of sp³-hybridized carbons (Fsp3) is 0.467. The first kappa shape index (κ1) is 14.6. The molecule has 2 aromatic heterocycles. The molecule has 0 aromatic carbocycles. The summed E-state index contributed by atoms with van der Waals surface area (Å²) in [5.74, 6) is 1.27. The van der Waals surface area contributed by atoms with Gasteiger partial charge in [-0.3, -0.25) is 19.2 Å². The molecule has 0 fully saturated rings. The van der Waals surface area contributed by atoms with Gasteiger partial charge in [0.1, 0.15) is 11.6 Å². The van der Waals surface area contributed by atoms with E-state index in [0.29, 0.717) is 36.9 Å². The second-order valence-electron chi connectivity index (χ2n) is 5.49. The summed E-state index contributed by atoms with van der Waals surface area (Å²) >= 11 is 0. The molecular weight excluding hydrogens is 284 g/mol. The first-order valence-corrected chi connectivity index (χ1v) is 7.53. The Kier molecular flexibility index (Phi) is 4.15. The SMILES string of the molecule is CCCCN1CNc2c(c(=O)[nH]c(=O)n2Cc2ccco2)C1. The van der Waals surface area contributed by atoms with Crippen LogP contribution in [0.4, 0.5) is 5.82 Å². The standard InChI is InChI=1S/C15H20N4O3/c1-2-3-6-18-9-12-13(16-10-18)19(15(21)17-14(12)20)8-11-5-4-7-22-11/h4-5,7,16H,2-3,6,8-10H2,1H3,(H,17,20,21). The van der Waals surface area contributed by atoms with Gasteiger partial charge in [-0.2, -0.15) is 0 Å². The average molecular weight is 304 g/mol. The molecule has 2 N–H and O–H groups in total. The highest BCUT2D eigenvalue weighted by Gasteiger charge is 2.22. The molecule has 7 heteroatoms. The molecule has 0 bridgehead atoms. The number of nitrogens with zero attached hydrogens (tertiary/aromatic N) is 2. The van der Waals surface area contributed by atoms with Crippen LogP contribution in [0.15, 0.2) is 32.4 Å². The lowest BCUT2D eigenvalue weighted by molar-refractivity contribution is 0.266. The molecule has 0 radical (unpaired) electrons. The fourth-order valence-electron chi connectivity index (χ4n) is 2.68. The number of fused-ring (bicyclic) bond motifs is 1. The average Bonchev–Trinajstić information content (AvgIpc) is 3.02. The lowest BCUT2D eigenvalue weighted by atomic mass is 10.2. The quantitative estimate of drug-likeness (QED) is 0.866. The number of unbranched alkanes of at least 4 members (excludes halogenated alkanes) is 1. The third-order valence-corrected chi connectivity index (χ3v) is 3.87. The molecule has 1 aliphatic heterocycles. The molecule has 7 nitrogen and oxygen atoms in total. The zero-order valence-corrected chi connectivity index (χ0v) is 12.6. The van der Waals surface area contributed by atoms with E-state index in [2.05, 4.69) is 22.1 Å². The molecule has 3 rings (SSSR count). The molecule has 2 aromatic rings. The summed E-state index contributed by atoms with van der Waals surface area (Å²) < 4.78 is 6.82. The zero-order chi connectivity index (χ0) is 15.5. The van der Waals surface area contributed by atoms with Crippen molar-refractivity contribution in [3.8, 4) is 0 Å². The minimum absolute atomic E-state index is 0.299. The van der Waals surface area contributed by atoms with Crippen LogP contribution in [0.1, 0.15) is 31.1 Å². The Morgan fingerprint density at radius 2 is 2.23 bits per heavy atom. The Labute approximate surface area is 127 Å². The minimum Gasteiger partial charge on any atom is -0.467 e. The van der Waals surface area contributed by atoms with Gasteiger partial charge in [0.15, 0.2) is 0 Å². The molecule has 0 saturated carbocycles. The van der Waals surface area contributed by atoms with E-state index >= 15 is 0 Å². The van der Waals surface area contributed by atoms with Crippen LogP contribution < -0.4 is 16.6 Å². The molecule has 0 aliphatic carbocycles. The van der Waals surface area contributed by atoms with Crippen molar-refractivity contribution in [2.75, 3.05) is 18.5 Å². The molecular formula is C15H20N4O3. The first-order valence-electron chi connectivity index (χ1n) is 7.53. The van der Waals surface area contributed by atoms with Gasteiger partial charge in [0.05, 0.1) is 25.0 Å². The van der Waals surface area contributed by atoms with Gasteiger partial charge >= 0.3 is 5.69 Å². The van der Waals surface area contributed by atoms with E-state index in [1.54, 1.807) is 18.4 Å². The molecule has 3 heterocycles. The Morgan fingerprint density at radius 3 is 2.95 bits per heavy atom. The Balaban J connectivity index is 1.93. The summed E-state index contributed by atoms with van der Waals surface area (Å²) in [6.45, 7) is 4.55. The van der Waals surface area contributed by atoms with Crippen LogP contribution >= 0.6 is 0 Å². The van der Waals surface area contributed by atoms with E-state index in [1.807, 2.05) is 0 Å². The van der Waals surface area contributed by atoms with Gasteiger partial charge in [0, 0.05) is 13.1 Å². The molecule has 118 valence electrons. The van der Waals surface area contributed by atoms with Crippen molar-refractivity contribution in [1.29, 1.82) is 0 Å². The lowest BCUT2D eigenvalue weighted by Crippen LogP contribution is -2.43. The number of H-pyrrole nitrogens is 1. The number of rotatable bonds is 5. The maximum Gasteiger partial charge on any atom is 0.330 e. The van der Waals surface area contributed by atoms with E-state index in [9.17, 15) is 9.59 Å². The van der Waals surface area contributed by atoms with Crippen LogP contribution in [0.2, 0.25) is 0 Å². The summed E-state index contributed by atoms with van der Waals surface area (Å²) in [7, 11) is 0. The largest absolute Gasteiger partial charge is 0.467 e. The highest BCUT2D eigenvalue weighted by atomic mass is 16.3. The van der Waals surface area contributed by atoms with E-state index in [0.717, 1.165) is 19.4 Å². The third-order valence-electron chi connectivity index (χ3n) is 3.87. The van der Waals surface area contributed by atoms with Crippen molar-refractivity contribution in [1.82, 2.24) is 14.5 Å². The summed E-state index contributed by atoms with van der Waals surface area (Å²) in [6, 6.07) is 3.58. The van der Waals surface area contributed by atoms with Crippen molar-refractivity contribution in [2.45, 2.75) is 32.9 Å². The number of nitrogens with one attached hydrogen (secondary N) is 2. The van der Waals surface area contributed by atoms with E-state index in [-0.39, 0.29) is 5.56 Å². The molecule has 1 aliphatic rings. The maximum absolute atomic E-state index is 12.1. The minimum atomic E-state index is -0.422. The number of aromatic nitrogens is 2. The summed E-state index contributed by atoms with van der Waals surface area (Å²) in [5.41, 5.74) is -0.132. The van der Waals surface area contributed by atoms with Crippen molar-refractivity contribution in [3.05, 3.63) is 50.6 Å². The van der Waals surface area contributed by atoms with Gasteiger partial charge in [-0.1, -0.05) is 13.3 Å². The van der Waals surface area contributed by atoms with Crippen LogP contribution in [-0.2, 0) is 13.1 Å². The molecule has 0 unspecified atom stereocenters. The van der Waals surface area contributed by atoms with E-state index in [4.69, 9.17) is 4.42 Å². The monoisotopic (exact) mass is 304 g/mol. The van der Waals surface area contributed by atoms with Crippen LogP contribution in [0.5, 0.6) is 0 Å². The number of furan rings is 1.